The molecule has 30 heavy (non-hydrogen) atoms. The highest BCUT2D eigenvalue weighted by Crippen LogP contribution is 2.67. The van der Waals surface area contributed by atoms with Crippen LogP contribution in [-0.4, -0.2) is 53.1 Å². The maximum Gasteiger partial charge on any atom is 0.397 e. The molecule has 4 aliphatic carbocycles. The van der Waals surface area contributed by atoms with E-state index in [2.05, 4.69) is 11.1 Å². The maximum atomic E-state index is 13.5. The molecule has 0 saturated heterocycles. The van der Waals surface area contributed by atoms with Gasteiger partial charge >= 0.3 is 10.4 Å². The molecule has 0 unspecified atom stereocenters. The van der Waals surface area contributed by atoms with Crippen LogP contribution >= 0.6 is 0 Å². The van der Waals surface area contributed by atoms with Gasteiger partial charge in [0.25, 0.3) is 0 Å². The van der Waals surface area contributed by atoms with E-state index in [0.717, 1.165) is 25.7 Å². The lowest BCUT2D eigenvalue weighted by molar-refractivity contribution is -0.179. The van der Waals surface area contributed by atoms with Crippen LogP contribution in [0.5, 0.6) is 0 Å². The molecule has 4 aliphatic rings. The number of Topliss-reactive ketones (excluding diaryl/α,β-unsaturated/α-hetero) is 2. The van der Waals surface area contributed by atoms with Crippen molar-refractivity contribution in [2.24, 2.45) is 34.5 Å². The van der Waals surface area contributed by atoms with Crippen LogP contribution in [0.2, 0.25) is 0 Å². The summed E-state index contributed by atoms with van der Waals surface area (Å²) in [5, 5.41) is 21.5. The van der Waals surface area contributed by atoms with Crippen LogP contribution < -0.4 is 0 Å². The largest absolute Gasteiger partial charge is 0.397 e. The smallest absolute Gasteiger partial charge is 0.393 e. The summed E-state index contributed by atoms with van der Waals surface area (Å²) in [7, 11) is -4.80. The molecule has 0 aromatic heterocycles. The van der Waals surface area contributed by atoms with E-state index in [-0.39, 0.29) is 47.9 Å². The van der Waals surface area contributed by atoms with Crippen molar-refractivity contribution < 1.29 is 37.0 Å². The average molecular weight is 445 g/mol. The van der Waals surface area contributed by atoms with Crippen molar-refractivity contribution in [2.45, 2.75) is 76.9 Å². The maximum absolute atomic E-state index is 13.5. The van der Waals surface area contributed by atoms with Crippen molar-refractivity contribution in [3.8, 4) is 0 Å². The van der Waals surface area contributed by atoms with E-state index in [4.69, 9.17) is 4.55 Å². The molecule has 0 bridgehead atoms. The molecule has 0 aromatic rings. The topological polar surface area (TPSA) is 138 Å². The fraction of sp³-hybridized carbons (Fsp3) is 0.905. The van der Waals surface area contributed by atoms with E-state index in [1.165, 1.54) is 0 Å². The van der Waals surface area contributed by atoms with Gasteiger partial charge in [-0.3, -0.25) is 14.1 Å². The predicted molar refractivity (Wildman–Crippen MR) is 106 cm³/mol. The van der Waals surface area contributed by atoms with Crippen LogP contribution in [-0.2, 0) is 24.2 Å². The molecule has 3 N–H and O–H groups in total. The fourth-order valence-electron chi connectivity index (χ4n) is 7.76. The molecule has 4 saturated carbocycles. The molecule has 8 atom stereocenters. The number of aliphatic hydroxyl groups is 2. The third-order valence-electron chi connectivity index (χ3n) is 9.28. The summed E-state index contributed by atoms with van der Waals surface area (Å²) in [4.78, 5) is 26.3. The molecule has 0 aliphatic heterocycles. The van der Waals surface area contributed by atoms with E-state index in [9.17, 15) is 28.2 Å². The minimum Gasteiger partial charge on any atom is -0.393 e. The first kappa shape index (κ1) is 22.3. The second kappa shape index (κ2) is 7.07. The van der Waals surface area contributed by atoms with Crippen LogP contribution in [0.3, 0.4) is 0 Å². The molecular formula is C21H32O8S. The fourth-order valence-corrected chi connectivity index (χ4v) is 8.02. The minimum atomic E-state index is -4.80. The second-order valence-corrected chi connectivity index (χ2v) is 11.6. The zero-order valence-electron chi connectivity index (χ0n) is 17.5. The number of fused-ring (bicyclic) bond motifs is 5. The molecule has 0 amide bonds. The average Bonchev–Trinajstić information content (AvgIpc) is 2.91. The number of carbonyl (C=O) groups excluding carboxylic acids is 2. The van der Waals surface area contributed by atoms with E-state index in [1.807, 2.05) is 0 Å². The first-order valence-electron chi connectivity index (χ1n) is 10.9. The Balaban J connectivity index is 1.62. The summed E-state index contributed by atoms with van der Waals surface area (Å²) in [6.45, 7) is 2.99. The van der Waals surface area contributed by atoms with Crippen molar-refractivity contribution in [1.82, 2.24) is 0 Å². The van der Waals surface area contributed by atoms with Gasteiger partial charge in [0.15, 0.2) is 5.78 Å². The summed E-state index contributed by atoms with van der Waals surface area (Å²) in [5.41, 5.74) is -3.01. The van der Waals surface area contributed by atoms with Crippen LogP contribution in [0.15, 0.2) is 0 Å². The molecule has 0 aromatic carbocycles. The molecule has 9 heteroatoms. The van der Waals surface area contributed by atoms with Gasteiger partial charge in [-0.2, -0.15) is 8.42 Å². The molecule has 170 valence electrons. The number of carbonyl (C=O) groups is 2. The van der Waals surface area contributed by atoms with Crippen LogP contribution in [0.4, 0.5) is 0 Å². The quantitative estimate of drug-likeness (QED) is 0.557. The van der Waals surface area contributed by atoms with E-state index < -0.39 is 33.8 Å². The van der Waals surface area contributed by atoms with Crippen LogP contribution in [0.25, 0.3) is 0 Å². The first-order chi connectivity index (χ1) is 13.8. The summed E-state index contributed by atoms with van der Waals surface area (Å²) in [6, 6.07) is 0. The number of ketones is 2. The SMILES string of the molecule is C[C@]12CC[C@@H](O)C[C@@H]1CC[C@@H]1[C@@H]2C(=O)C[C@@]2(C)[C@H]1CC[C@]2(O)C(=O)COS(=O)(=O)O. The lowest BCUT2D eigenvalue weighted by Gasteiger charge is -2.60. The van der Waals surface area contributed by atoms with Crippen molar-refractivity contribution in [3.63, 3.8) is 0 Å². The van der Waals surface area contributed by atoms with Crippen LogP contribution in [0.1, 0.15) is 65.2 Å². The van der Waals surface area contributed by atoms with Gasteiger partial charge in [-0.25, -0.2) is 4.18 Å². The summed E-state index contributed by atoms with van der Waals surface area (Å²) in [5.74, 6) is -0.529. The monoisotopic (exact) mass is 444 g/mol. The second-order valence-electron chi connectivity index (χ2n) is 10.5. The standard InChI is InChI=1S/C21H32O8S/c1-19-7-5-13(22)9-12(19)3-4-14-15-6-8-21(25,17(24)11-29-30(26,27)28)20(15,2)10-16(23)18(14)19/h12-15,18,22,25H,3-11H2,1-2H3,(H,26,27,28)/t12-,13+,14-,15-,18+,19-,20-,21-/m0/s1. The summed E-state index contributed by atoms with van der Waals surface area (Å²) >= 11 is 0. The van der Waals surface area contributed by atoms with Gasteiger partial charge < -0.3 is 10.2 Å². The number of rotatable bonds is 4. The van der Waals surface area contributed by atoms with E-state index >= 15 is 0 Å². The van der Waals surface area contributed by atoms with Crippen molar-refractivity contribution in [3.05, 3.63) is 0 Å². The Morgan fingerprint density at radius 3 is 2.53 bits per heavy atom. The predicted octanol–water partition coefficient (Wildman–Crippen LogP) is 1.69. The third kappa shape index (κ3) is 3.20. The zero-order valence-corrected chi connectivity index (χ0v) is 18.4. The highest BCUT2D eigenvalue weighted by Gasteiger charge is 2.69. The van der Waals surface area contributed by atoms with Gasteiger partial charge in [0.1, 0.15) is 18.0 Å². The molecule has 8 nitrogen and oxygen atoms in total. The van der Waals surface area contributed by atoms with E-state index in [0.29, 0.717) is 18.8 Å². The Morgan fingerprint density at radius 1 is 1.17 bits per heavy atom. The molecule has 0 radical (unpaired) electrons. The molecule has 4 fully saturated rings. The van der Waals surface area contributed by atoms with Gasteiger partial charge in [0.05, 0.1) is 6.10 Å². The lowest BCUT2D eigenvalue weighted by Crippen LogP contribution is -2.62. The Labute approximate surface area is 177 Å². The first-order valence-corrected chi connectivity index (χ1v) is 12.3. The Morgan fingerprint density at radius 2 is 1.87 bits per heavy atom. The van der Waals surface area contributed by atoms with Gasteiger partial charge in [0, 0.05) is 17.8 Å². The van der Waals surface area contributed by atoms with Gasteiger partial charge in [-0.1, -0.05) is 13.8 Å². The van der Waals surface area contributed by atoms with Gasteiger partial charge in [-0.15, -0.1) is 0 Å². The van der Waals surface area contributed by atoms with E-state index in [1.54, 1.807) is 6.92 Å². The van der Waals surface area contributed by atoms with Crippen molar-refractivity contribution in [2.75, 3.05) is 6.61 Å². The normalized spacial score (nSPS) is 48.6. The van der Waals surface area contributed by atoms with Crippen molar-refractivity contribution in [1.29, 1.82) is 0 Å². The summed E-state index contributed by atoms with van der Waals surface area (Å²) < 4.78 is 34.8. The van der Waals surface area contributed by atoms with Gasteiger partial charge in [0.2, 0.25) is 0 Å². The lowest BCUT2D eigenvalue weighted by atomic mass is 9.44. The number of hydrogen-bond donors (Lipinski definition) is 3. The Bertz CT molecular complexity index is 855. The number of hydrogen-bond acceptors (Lipinski definition) is 7. The molecular weight excluding hydrogens is 412 g/mol. The molecule has 0 heterocycles. The third-order valence-corrected chi connectivity index (χ3v) is 9.69. The highest BCUT2D eigenvalue weighted by atomic mass is 32.3. The minimum absolute atomic E-state index is 0.0236. The Hall–Kier alpha value is -0.870. The zero-order chi connectivity index (χ0) is 22.1. The summed E-state index contributed by atoms with van der Waals surface area (Å²) in [6.07, 6.45) is 4.48. The number of aliphatic hydroxyl groups excluding tert-OH is 1. The molecule has 4 rings (SSSR count). The van der Waals surface area contributed by atoms with Gasteiger partial charge in [-0.05, 0) is 68.1 Å². The van der Waals surface area contributed by atoms with Crippen LogP contribution in [0, 0.1) is 34.5 Å². The van der Waals surface area contributed by atoms with Crippen molar-refractivity contribution >= 4 is 22.0 Å². The highest BCUT2D eigenvalue weighted by molar-refractivity contribution is 7.80. The Kier molecular flexibility index (Phi) is 5.26. The molecule has 0 spiro atoms.